The Morgan fingerprint density at radius 3 is 0.746 bits per heavy atom. The van der Waals surface area contributed by atoms with Gasteiger partial charge in [-0.25, -0.2) is 0 Å². The topological polar surface area (TPSA) is 332 Å². The average molecular weight is 831 g/mol. The molecule has 63 heavy (non-hydrogen) atoms. The van der Waals surface area contributed by atoms with E-state index in [0.29, 0.717) is 42.8 Å². The van der Waals surface area contributed by atoms with Crippen molar-refractivity contribution in [2.45, 2.75) is 0 Å². The summed E-state index contributed by atoms with van der Waals surface area (Å²) in [5.74, 6) is -1.62. The first-order valence-corrected chi connectivity index (χ1v) is 17.2. The average Bonchev–Trinajstić information content (AvgIpc) is 3.31. The molecule has 6 aromatic carbocycles. The SMILES string of the molecule is N#CC(C#N)=C([O-])c1ccc2c(=C(C#N)C#N)c3ccccc3c(=C(C#N)C#N)c2c1.N#CC(C#N)=C([O-])c1ccc2c(=C(C#N)C#N)c3ccccc3c(=C(C#N)C#N)c2c1.[Ca+2]. The third kappa shape index (κ3) is 8.21. The third-order valence-corrected chi connectivity index (χ3v) is 9.37. The molecule has 0 N–H and O–H groups in total. The number of fused-ring (bicyclic) bond motifs is 4. The number of nitriles is 12. The molecule has 0 aliphatic heterocycles. The summed E-state index contributed by atoms with van der Waals surface area (Å²) in [6.45, 7) is 0. The fourth-order valence-electron chi connectivity index (χ4n) is 6.81. The van der Waals surface area contributed by atoms with Crippen molar-refractivity contribution in [1.82, 2.24) is 0 Å². The maximum Gasteiger partial charge on any atom is 2.00 e. The quantitative estimate of drug-likeness (QED) is 0.105. The Morgan fingerprint density at radius 2 is 0.524 bits per heavy atom. The van der Waals surface area contributed by atoms with Crippen LogP contribution >= 0.6 is 0 Å². The first kappa shape index (κ1) is 45.8. The van der Waals surface area contributed by atoms with Crippen LogP contribution in [0.3, 0.4) is 0 Å². The smallest absolute Gasteiger partial charge is 0.871 e. The molecule has 6 rings (SSSR count). The molecule has 0 fully saturated rings. The van der Waals surface area contributed by atoms with Crippen LogP contribution in [0.25, 0.3) is 76.9 Å². The molecule has 0 saturated carbocycles. The van der Waals surface area contributed by atoms with Crippen molar-refractivity contribution in [3.63, 3.8) is 0 Å². The molecule has 0 radical (unpaired) electrons. The van der Waals surface area contributed by atoms with Crippen molar-refractivity contribution >= 4 is 115 Å². The van der Waals surface area contributed by atoms with Gasteiger partial charge in [-0.15, -0.1) is 0 Å². The molecule has 0 unspecified atom stereocenters. The van der Waals surface area contributed by atoms with Crippen molar-refractivity contribution in [3.05, 3.63) is 128 Å². The maximum atomic E-state index is 12.5. The fraction of sp³-hybridized carbons (Fsp3) is 0. The predicted octanol–water partition coefficient (Wildman–Crippen LogP) is 2.63. The molecule has 0 aromatic heterocycles. The molecule has 6 aromatic rings. The zero-order valence-corrected chi connectivity index (χ0v) is 34.2. The molecule has 14 nitrogen and oxygen atoms in total. The molecule has 0 saturated heterocycles. The van der Waals surface area contributed by atoms with E-state index in [9.17, 15) is 52.3 Å². The van der Waals surface area contributed by atoms with Gasteiger partial charge in [-0.1, -0.05) is 84.3 Å². The fourth-order valence-corrected chi connectivity index (χ4v) is 6.81. The van der Waals surface area contributed by atoms with Gasteiger partial charge < -0.3 is 10.2 Å². The summed E-state index contributed by atoms with van der Waals surface area (Å²) in [5.41, 5.74) is -2.04. The molecule has 15 heteroatoms. The standard InChI is InChI=1S/2C24H8N6O.Ca/c2*25-8-15(9-26)22-18-3-1-2-4-19(18)23(16(10-27)11-28)21-7-14(5-6-20(21)22)24(31)17(12-29)13-30;/h2*1-7,31H;/q;;+2/p-2. The first-order valence-electron chi connectivity index (χ1n) is 17.2. The van der Waals surface area contributed by atoms with E-state index in [-0.39, 0.29) is 92.4 Å². The maximum absolute atomic E-state index is 12.5. The van der Waals surface area contributed by atoms with Gasteiger partial charge in [-0.2, -0.15) is 63.1 Å². The van der Waals surface area contributed by atoms with Crippen LogP contribution in [0.5, 0.6) is 0 Å². The number of hydrogen-bond acceptors (Lipinski definition) is 14. The molecule has 0 aliphatic rings. The van der Waals surface area contributed by atoms with Gasteiger partial charge in [0, 0.05) is 20.9 Å². The monoisotopic (exact) mass is 830 g/mol. The van der Waals surface area contributed by atoms with Gasteiger partial charge in [-0.3, -0.25) is 0 Å². The second-order valence-corrected chi connectivity index (χ2v) is 12.4. The summed E-state index contributed by atoms with van der Waals surface area (Å²) in [7, 11) is 0. The largest absolute Gasteiger partial charge is 2.00 e. The molecule has 0 aliphatic carbocycles. The van der Waals surface area contributed by atoms with Crippen molar-refractivity contribution in [3.8, 4) is 72.8 Å². The second kappa shape index (κ2) is 20.2. The van der Waals surface area contributed by atoms with Crippen LogP contribution in [0, 0.1) is 136 Å². The summed E-state index contributed by atoms with van der Waals surface area (Å²) in [6, 6.07) is 42.8. The van der Waals surface area contributed by atoms with Gasteiger partial charge in [-0.05, 0) is 66.3 Å². The van der Waals surface area contributed by atoms with Gasteiger partial charge in [0.15, 0.2) is 0 Å². The Hall–Kier alpha value is -9.94. The van der Waals surface area contributed by atoms with E-state index in [1.807, 2.05) is 48.6 Å². The summed E-state index contributed by atoms with van der Waals surface area (Å²) in [6.07, 6.45) is 0. The molecular weight excluding hydrogens is 817 g/mol. The number of benzene rings is 6. The second-order valence-electron chi connectivity index (χ2n) is 12.4. The molecule has 280 valence electrons. The van der Waals surface area contributed by atoms with Gasteiger partial charge in [0.1, 0.15) is 106 Å². The van der Waals surface area contributed by atoms with Crippen LogP contribution in [0.2, 0.25) is 0 Å². The molecule has 0 atom stereocenters. The van der Waals surface area contributed by atoms with Crippen LogP contribution in [0.1, 0.15) is 11.1 Å². The van der Waals surface area contributed by atoms with Crippen LogP contribution < -0.4 is 31.1 Å². The Labute approximate surface area is 386 Å². The molecule has 0 bridgehead atoms. The van der Waals surface area contributed by atoms with E-state index in [2.05, 4.69) is 0 Å². The summed E-state index contributed by atoms with van der Waals surface area (Å²) in [4.78, 5) is 0. The minimum absolute atomic E-state index is 0. The van der Waals surface area contributed by atoms with Crippen LogP contribution in [0.4, 0.5) is 0 Å². The number of rotatable bonds is 2. The van der Waals surface area contributed by atoms with E-state index in [4.69, 9.17) is 21.0 Å². The Balaban J connectivity index is 0.000000272. The minimum atomic E-state index is -0.812. The first-order chi connectivity index (χ1) is 30.1. The summed E-state index contributed by atoms with van der Waals surface area (Å²) >= 11 is 0. The van der Waals surface area contributed by atoms with Gasteiger partial charge >= 0.3 is 37.7 Å². The van der Waals surface area contributed by atoms with Gasteiger partial charge in [0.25, 0.3) is 0 Å². The van der Waals surface area contributed by atoms with Crippen LogP contribution in [0.15, 0.2) is 96.1 Å². The van der Waals surface area contributed by atoms with E-state index < -0.39 is 22.7 Å². The molecule has 0 amide bonds. The van der Waals surface area contributed by atoms with E-state index in [1.165, 1.54) is 36.4 Å². The van der Waals surface area contributed by atoms with Gasteiger partial charge in [0.2, 0.25) is 0 Å². The summed E-state index contributed by atoms with van der Waals surface area (Å²) < 4.78 is 0. The van der Waals surface area contributed by atoms with E-state index in [0.717, 1.165) is 0 Å². The van der Waals surface area contributed by atoms with Crippen molar-refractivity contribution in [2.75, 3.05) is 0 Å². The van der Waals surface area contributed by atoms with Crippen molar-refractivity contribution in [1.29, 1.82) is 63.1 Å². The number of hydrogen-bond donors (Lipinski definition) is 0. The zero-order chi connectivity index (χ0) is 45.1. The van der Waals surface area contributed by atoms with Crippen LogP contribution in [-0.4, -0.2) is 37.7 Å². The Kier molecular flexibility index (Phi) is 14.6. The molecule has 0 spiro atoms. The molecule has 0 heterocycles. The number of nitrogens with zero attached hydrogens (tertiary/aromatic N) is 12. The zero-order valence-electron chi connectivity index (χ0n) is 32.0. The normalized spacial score (nSPS) is 9.08. The Bertz CT molecular complexity index is 3570. The molecular formula is C48H14CaN12O2. The minimum Gasteiger partial charge on any atom is -0.871 e. The van der Waals surface area contributed by atoms with Gasteiger partial charge in [0.05, 0.1) is 0 Å². The van der Waals surface area contributed by atoms with E-state index in [1.54, 1.807) is 72.8 Å². The summed E-state index contributed by atoms with van der Waals surface area (Å²) in [5, 5.41) is 142. The van der Waals surface area contributed by atoms with Crippen LogP contribution in [-0.2, 0) is 0 Å². The third-order valence-electron chi connectivity index (χ3n) is 9.37. The van der Waals surface area contributed by atoms with Crippen molar-refractivity contribution in [2.24, 2.45) is 0 Å². The van der Waals surface area contributed by atoms with Crippen molar-refractivity contribution < 1.29 is 10.2 Å². The predicted molar refractivity (Wildman–Crippen MR) is 222 cm³/mol. The van der Waals surface area contributed by atoms with E-state index >= 15 is 0 Å². The Morgan fingerprint density at radius 1 is 0.302 bits per heavy atom. The number of allylic oxidation sites excluding steroid dienone is 2.